The number of H-pyrrole nitrogens is 1. The van der Waals surface area contributed by atoms with E-state index in [4.69, 9.17) is 4.74 Å². The van der Waals surface area contributed by atoms with Crippen LogP contribution in [-0.2, 0) is 6.54 Å². The van der Waals surface area contributed by atoms with Crippen LogP contribution in [0.1, 0.15) is 5.56 Å². The standard InChI is InChI=1S/C14H14N4O/c1-19-11-4-2-10(3-5-11)8-16-14-12-6-7-15-13(12)17-9-18-14/h2-7,9H,8H2,1H3,(H2,15,16,17,18). The van der Waals surface area contributed by atoms with Gasteiger partial charge in [-0.1, -0.05) is 12.1 Å². The summed E-state index contributed by atoms with van der Waals surface area (Å²) in [5, 5.41) is 4.31. The number of hydrogen-bond donors (Lipinski definition) is 2. The maximum Gasteiger partial charge on any atom is 0.142 e. The molecule has 1 aromatic carbocycles. The third-order valence-corrected chi connectivity index (χ3v) is 2.97. The van der Waals surface area contributed by atoms with Crippen molar-refractivity contribution in [3.05, 3.63) is 48.4 Å². The third kappa shape index (κ3) is 2.35. The maximum atomic E-state index is 5.13. The Kier molecular flexibility index (Phi) is 3.02. The van der Waals surface area contributed by atoms with E-state index in [1.54, 1.807) is 13.4 Å². The van der Waals surface area contributed by atoms with Gasteiger partial charge in [0.2, 0.25) is 0 Å². The van der Waals surface area contributed by atoms with Crippen LogP contribution in [0.2, 0.25) is 0 Å². The van der Waals surface area contributed by atoms with Gasteiger partial charge in [0.1, 0.15) is 23.5 Å². The van der Waals surface area contributed by atoms with Gasteiger partial charge in [0, 0.05) is 12.7 Å². The summed E-state index contributed by atoms with van der Waals surface area (Å²) in [5.41, 5.74) is 2.01. The van der Waals surface area contributed by atoms with Gasteiger partial charge in [-0.3, -0.25) is 0 Å². The zero-order valence-corrected chi connectivity index (χ0v) is 10.6. The molecule has 0 radical (unpaired) electrons. The first-order chi connectivity index (χ1) is 9.36. The van der Waals surface area contributed by atoms with Gasteiger partial charge in [0.05, 0.1) is 12.5 Å². The molecule has 2 heterocycles. The highest BCUT2D eigenvalue weighted by Crippen LogP contribution is 2.18. The van der Waals surface area contributed by atoms with E-state index in [1.807, 2.05) is 36.5 Å². The first-order valence-electron chi connectivity index (χ1n) is 6.02. The average Bonchev–Trinajstić information content (AvgIpc) is 2.94. The van der Waals surface area contributed by atoms with Gasteiger partial charge in [0.15, 0.2) is 0 Å². The zero-order valence-electron chi connectivity index (χ0n) is 10.6. The molecule has 96 valence electrons. The zero-order chi connectivity index (χ0) is 13.1. The molecule has 0 aliphatic heterocycles. The first kappa shape index (κ1) is 11.5. The summed E-state index contributed by atoms with van der Waals surface area (Å²) >= 11 is 0. The van der Waals surface area contributed by atoms with Crippen LogP contribution in [0.15, 0.2) is 42.9 Å². The van der Waals surface area contributed by atoms with Crippen molar-refractivity contribution < 1.29 is 4.74 Å². The minimum atomic E-state index is 0.710. The highest BCUT2D eigenvalue weighted by Gasteiger charge is 2.03. The average molecular weight is 254 g/mol. The minimum absolute atomic E-state index is 0.710. The van der Waals surface area contributed by atoms with Gasteiger partial charge in [-0.15, -0.1) is 0 Å². The van der Waals surface area contributed by atoms with Gasteiger partial charge in [-0.2, -0.15) is 0 Å². The summed E-state index contributed by atoms with van der Waals surface area (Å²) in [6, 6.07) is 9.92. The van der Waals surface area contributed by atoms with Crippen molar-refractivity contribution in [1.29, 1.82) is 0 Å². The summed E-state index contributed by atoms with van der Waals surface area (Å²) in [6.07, 6.45) is 3.41. The molecule has 0 saturated carbocycles. The molecular weight excluding hydrogens is 240 g/mol. The van der Waals surface area contributed by atoms with Crippen LogP contribution in [0.5, 0.6) is 5.75 Å². The quantitative estimate of drug-likeness (QED) is 0.751. The van der Waals surface area contributed by atoms with E-state index in [0.29, 0.717) is 6.54 Å². The van der Waals surface area contributed by atoms with Crippen LogP contribution < -0.4 is 10.1 Å². The van der Waals surface area contributed by atoms with Gasteiger partial charge in [0.25, 0.3) is 0 Å². The highest BCUT2D eigenvalue weighted by atomic mass is 16.5. The molecule has 2 N–H and O–H groups in total. The topological polar surface area (TPSA) is 62.8 Å². The lowest BCUT2D eigenvalue weighted by atomic mass is 10.2. The molecular formula is C14H14N4O. The third-order valence-electron chi connectivity index (χ3n) is 2.97. The number of aromatic amines is 1. The molecule has 0 aliphatic carbocycles. The van der Waals surface area contributed by atoms with E-state index < -0.39 is 0 Å². The monoisotopic (exact) mass is 254 g/mol. The highest BCUT2D eigenvalue weighted by molar-refractivity contribution is 5.86. The Labute approximate surface area is 110 Å². The molecule has 0 bridgehead atoms. The van der Waals surface area contributed by atoms with Crippen molar-refractivity contribution in [3.63, 3.8) is 0 Å². The van der Waals surface area contributed by atoms with E-state index in [-0.39, 0.29) is 0 Å². The van der Waals surface area contributed by atoms with E-state index in [1.165, 1.54) is 5.56 Å². The van der Waals surface area contributed by atoms with E-state index >= 15 is 0 Å². The number of ether oxygens (including phenoxy) is 1. The Morgan fingerprint density at radius 1 is 1.16 bits per heavy atom. The Morgan fingerprint density at radius 3 is 2.79 bits per heavy atom. The fraction of sp³-hybridized carbons (Fsp3) is 0.143. The number of benzene rings is 1. The Bertz CT molecular complexity index is 675. The Hall–Kier alpha value is -2.56. The van der Waals surface area contributed by atoms with Crippen molar-refractivity contribution >= 4 is 16.9 Å². The van der Waals surface area contributed by atoms with Crippen molar-refractivity contribution in [2.75, 3.05) is 12.4 Å². The number of nitrogens with zero attached hydrogens (tertiary/aromatic N) is 2. The molecule has 5 nitrogen and oxygen atoms in total. The molecule has 3 aromatic rings. The number of fused-ring (bicyclic) bond motifs is 1. The van der Waals surface area contributed by atoms with Crippen LogP contribution >= 0.6 is 0 Å². The number of anilines is 1. The van der Waals surface area contributed by atoms with Crippen LogP contribution in [0.3, 0.4) is 0 Å². The SMILES string of the molecule is COc1ccc(CNc2ncnc3[nH]ccc23)cc1. The predicted octanol–water partition coefficient (Wildman–Crippen LogP) is 2.58. The minimum Gasteiger partial charge on any atom is -0.497 e. The predicted molar refractivity (Wildman–Crippen MR) is 74.2 cm³/mol. The molecule has 0 spiro atoms. The van der Waals surface area contributed by atoms with Crippen LogP contribution in [0, 0.1) is 0 Å². The largest absolute Gasteiger partial charge is 0.497 e. The molecule has 0 fully saturated rings. The van der Waals surface area contributed by atoms with Gasteiger partial charge in [-0.05, 0) is 23.8 Å². The lowest BCUT2D eigenvalue weighted by molar-refractivity contribution is 0.414. The van der Waals surface area contributed by atoms with Crippen molar-refractivity contribution in [2.24, 2.45) is 0 Å². The Balaban J connectivity index is 1.76. The molecule has 5 heteroatoms. The maximum absolute atomic E-state index is 5.13. The molecule has 0 atom stereocenters. The van der Waals surface area contributed by atoms with Crippen molar-refractivity contribution in [2.45, 2.75) is 6.54 Å². The first-order valence-corrected chi connectivity index (χ1v) is 6.02. The normalized spacial score (nSPS) is 10.6. The number of hydrogen-bond acceptors (Lipinski definition) is 4. The van der Waals surface area contributed by atoms with Crippen LogP contribution in [0.4, 0.5) is 5.82 Å². The summed E-state index contributed by atoms with van der Waals surface area (Å²) in [4.78, 5) is 11.5. The molecule has 0 unspecified atom stereocenters. The summed E-state index contributed by atoms with van der Waals surface area (Å²) < 4.78 is 5.13. The second-order valence-electron chi connectivity index (χ2n) is 4.16. The van der Waals surface area contributed by atoms with Crippen LogP contribution in [-0.4, -0.2) is 22.1 Å². The molecule has 0 saturated heterocycles. The molecule has 0 amide bonds. The van der Waals surface area contributed by atoms with Crippen molar-refractivity contribution in [1.82, 2.24) is 15.0 Å². The molecule has 0 aliphatic rings. The smallest absolute Gasteiger partial charge is 0.142 e. The van der Waals surface area contributed by atoms with E-state index in [0.717, 1.165) is 22.6 Å². The number of rotatable bonds is 4. The summed E-state index contributed by atoms with van der Waals surface area (Å²) in [5.74, 6) is 1.70. The molecule has 3 rings (SSSR count). The van der Waals surface area contributed by atoms with E-state index in [9.17, 15) is 0 Å². The van der Waals surface area contributed by atoms with Gasteiger partial charge < -0.3 is 15.0 Å². The number of aromatic nitrogens is 3. The van der Waals surface area contributed by atoms with Crippen LogP contribution in [0.25, 0.3) is 11.0 Å². The fourth-order valence-electron chi connectivity index (χ4n) is 1.94. The summed E-state index contributed by atoms with van der Waals surface area (Å²) in [6.45, 7) is 0.710. The van der Waals surface area contributed by atoms with E-state index in [2.05, 4.69) is 20.3 Å². The lowest BCUT2D eigenvalue weighted by Crippen LogP contribution is -2.02. The van der Waals surface area contributed by atoms with Gasteiger partial charge in [-0.25, -0.2) is 9.97 Å². The second kappa shape index (κ2) is 4.97. The summed E-state index contributed by atoms with van der Waals surface area (Å²) in [7, 11) is 1.66. The number of methoxy groups -OCH3 is 1. The fourth-order valence-corrected chi connectivity index (χ4v) is 1.94. The Morgan fingerprint density at radius 2 is 2.00 bits per heavy atom. The molecule has 2 aromatic heterocycles. The second-order valence-corrected chi connectivity index (χ2v) is 4.16. The van der Waals surface area contributed by atoms with Crippen molar-refractivity contribution in [3.8, 4) is 5.75 Å². The number of nitrogens with one attached hydrogen (secondary N) is 2. The van der Waals surface area contributed by atoms with Gasteiger partial charge >= 0.3 is 0 Å². The molecule has 19 heavy (non-hydrogen) atoms. The lowest BCUT2D eigenvalue weighted by Gasteiger charge is -2.07.